The third-order valence-corrected chi connectivity index (χ3v) is 6.54. The summed E-state index contributed by atoms with van der Waals surface area (Å²) < 4.78 is 5.50. The quantitative estimate of drug-likeness (QED) is 0.197. The molecular weight excluding hydrogens is 540 g/mol. The van der Waals surface area contributed by atoms with Gasteiger partial charge < -0.3 is 31.1 Å². The van der Waals surface area contributed by atoms with E-state index >= 15 is 0 Å². The zero-order valence-corrected chi connectivity index (χ0v) is 23.8. The van der Waals surface area contributed by atoms with Crippen molar-refractivity contribution in [2.75, 3.05) is 12.4 Å². The molecular formula is C31H36N4O7. The van der Waals surface area contributed by atoms with Crippen LogP contribution in [0.5, 0.6) is 5.75 Å². The highest BCUT2D eigenvalue weighted by Gasteiger charge is 2.26. The van der Waals surface area contributed by atoms with Crippen molar-refractivity contribution in [1.82, 2.24) is 16.0 Å². The van der Waals surface area contributed by atoms with Gasteiger partial charge in [0.1, 0.15) is 23.9 Å². The van der Waals surface area contributed by atoms with Crippen LogP contribution in [0, 0.1) is 0 Å². The molecule has 3 rings (SSSR count). The molecule has 0 fully saturated rings. The highest BCUT2D eigenvalue weighted by molar-refractivity contribution is 6.01. The number of fused-ring (bicyclic) bond motifs is 1. The van der Waals surface area contributed by atoms with E-state index < -0.39 is 47.7 Å². The summed E-state index contributed by atoms with van der Waals surface area (Å²) in [4.78, 5) is 61.8. The number of amides is 4. The van der Waals surface area contributed by atoms with Crippen LogP contribution in [-0.4, -0.2) is 59.9 Å². The highest BCUT2D eigenvalue weighted by atomic mass is 16.5. The van der Waals surface area contributed by atoms with Gasteiger partial charge >= 0.3 is 5.97 Å². The van der Waals surface area contributed by atoms with Gasteiger partial charge in [-0.1, -0.05) is 54.6 Å². The number of ether oxygens (including phenoxy) is 1. The molecule has 11 heteroatoms. The van der Waals surface area contributed by atoms with E-state index in [1.54, 1.807) is 13.2 Å². The van der Waals surface area contributed by atoms with Gasteiger partial charge in [0.15, 0.2) is 0 Å². The highest BCUT2D eigenvalue weighted by Crippen LogP contribution is 2.29. The summed E-state index contributed by atoms with van der Waals surface area (Å²) in [6.45, 7) is 2.93. The molecule has 0 aliphatic carbocycles. The van der Waals surface area contributed by atoms with Crippen molar-refractivity contribution in [3.8, 4) is 5.75 Å². The minimum absolute atomic E-state index is 0.0423. The van der Waals surface area contributed by atoms with Crippen molar-refractivity contribution in [2.24, 2.45) is 0 Å². The maximum absolute atomic E-state index is 13.5. The Bertz CT molecular complexity index is 1430. The molecule has 42 heavy (non-hydrogen) atoms. The molecule has 222 valence electrons. The second-order valence-electron chi connectivity index (χ2n) is 9.91. The first-order valence-electron chi connectivity index (χ1n) is 13.6. The summed E-state index contributed by atoms with van der Waals surface area (Å²) >= 11 is 0. The smallest absolute Gasteiger partial charge is 0.303 e. The van der Waals surface area contributed by atoms with Crippen molar-refractivity contribution in [1.29, 1.82) is 0 Å². The van der Waals surface area contributed by atoms with E-state index in [9.17, 15) is 24.0 Å². The lowest BCUT2D eigenvalue weighted by atomic mass is 10.0. The fourth-order valence-corrected chi connectivity index (χ4v) is 4.28. The number of rotatable bonds is 14. The Morgan fingerprint density at radius 2 is 1.43 bits per heavy atom. The number of carbonyl (C=O) groups excluding carboxylic acids is 4. The SMILES string of the molecule is COc1cc(NC(=O)[C@H](Cc2ccccc2)NC(=O)[C@@H](C)NC(=O)[C@H](C)NC(=O)CCCC(=O)O)cc2ccccc12. The van der Waals surface area contributed by atoms with Gasteiger partial charge in [-0.15, -0.1) is 0 Å². The molecule has 0 aliphatic heterocycles. The van der Waals surface area contributed by atoms with E-state index in [1.165, 1.54) is 13.8 Å². The van der Waals surface area contributed by atoms with Gasteiger partial charge in [-0.3, -0.25) is 24.0 Å². The first-order valence-corrected chi connectivity index (χ1v) is 13.6. The van der Waals surface area contributed by atoms with Gasteiger partial charge in [0.2, 0.25) is 23.6 Å². The average Bonchev–Trinajstić information content (AvgIpc) is 2.96. The molecule has 0 unspecified atom stereocenters. The Morgan fingerprint density at radius 3 is 2.12 bits per heavy atom. The van der Waals surface area contributed by atoms with Gasteiger partial charge in [-0.2, -0.15) is 0 Å². The predicted octanol–water partition coefficient (Wildman–Crippen LogP) is 2.78. The van der Waals surface area contributed by atoms with Crippen molar-refractivity contribution in [3.05, 3.63) is 72.3 Å². The maximum atomic E-state index is 13.5. The van der Waals surface area contributed by atoms with E-state index in [1.807, 2.05) is 60.7 Å². The molecule has 0 aliphatic rings. The molecule has 3 aromatic carbocycles. The molecule has 0 saturated carbocycles. The third-order valence-electron chi connectivity index (χ3n) is 6.54. The van der Waals surface area contributed by atoms with Crippen LogP contribution < -0.4 is 26.0 Å². The standard InChI is InChI=1S/C31H36N4O7/c1-19(32-27(36)14-9-15-28(37)38)29(39)33-20(2)30(40)35-25(16-21-10-5-4-6-11-21)31(41)34-23-17-22-12-7-8-13-24(22)26(18-23)42-3/h4-8,10-13,17-20,25H,9,14-16H2,1-3H3,(H,32,36)(H,33,39)(H,34,41)(H,35,40)(H,37,38)/t19-,20+,25-/m0/s1. The van der Waals surface area contributed by atoms with Crippen LogP contribution in [0.1, 0.15) is 38.7 Å². The van der Waals surface area contributed by atoms with Gasteiger partial charge in [-0.05, 0) is 37.3 Å². The molecule has 11 nitrogen and oxygen atoms in total. The maximum Gasteiger partial charge on any atom is 0.303 e. The zero-order chi connectivity index (χ0) is 30.6. The number of hydrogen-bond acceptors (Lipinski definition) is 6. The molecule has 3 atom stereocenters. The van der Waals surface area contributed by atoms with Gasteiger partial charge in [0.25, 0.3) is 0 Å². The van der Waals surface area contributed by atoms with Crippen molar-refractivity contribution in [2.45, 2.75) is 57.7 Å². The first-order chi connectivity index (χ1) is 20.1. The predicted molar refractivity (Wildman–Crippen MR) is 158 cm³/mol. The minimum atomic E-state index is -1.02. The molecule has 0 spiro atoms. The number of carboxylic acid groups (broad SMARTS) is 1. The van der Waals surface area contributed by atoms with Crippen LogP contribution in [0.2, 0.25) is 0 Å². The second-order valence-corrected chi connectivity index (χ2v) is 9.91. The number of carboxylic acids is 1. The minimum Gasteiger partial charge on any atom is -0.496 e. The van der Waals surface area contributed by atoms with Crippen molar-refractivity contribution in [3.63, 3.8) is 0 Å². The summed E-state index contributed by atoms with van der Waals surface area (Å²) in [5, 5.41) is 21.1. The van der Waals surface area contributed by atoms with Crippen LogP contribution >= 0.6 is 0 Å². The molecule has 0 saturated heterocycles. The lowest BCUT2D eigenvalue weighted by Gasteiger charge is -2.23. The fourth-order valence-electron chi connectivity index (χ4n) is 4.28. The molecule has 3 aromatic rings. The molecule has 0 heterocycles. The number of carbonyl (C=O) groups is 5. The molecule has 4 amide bonds. The Morgan fingerprint density at radius 1 is 0.786 bits per heavy atom. The lowest BCUT2D eigenvalue weighted by molar-refractivity contribution is -0.137. The Kier molecular flexibility index (Phi) is 11.4. The third kappa shape index (κ3) is 9.33. The summed E-state index contributed by atoms with van der Waals surface area (Å²) in [6, 6.07) is 17.4. The molecule has 0 bridgehead atoms. The largest absolute Gasteiger partial charge is 0.496 e. The van der Waals surface area contributed by atoms with Crippen LogP contribution in [0.3, 0.4) is 0 Å². The average molecular weight is 577 g/mol. The number of methoxy groups -OCH3 is 1. The first kappa shape index (κ1) is 31.6. The van der Waals surface area contributed by atoms with E-state index in [-0.39, 0.29) is 25.7 Å². The Hall–Kier alpha value is -4.93. The zero-order valence-electron chi connectivity index (χ0n) is 23.8. The number of nitrogens with one attached hydrogen (secondary N) is 4. The summed E-state index contributed by atoms with van der Waals surface area (Å²) in [7, 11) is 1.55. The Labute approximate surface area is 244 Å². The van der Waals surface area contributed by atoms with Crippen molar-refractivity contribution < 1.29 is 33.8 Å². The lowest BCUT2D eigenvalue weighted by Crippen LogP contribution is -2.55. The molecule has 0 aromatic heterocycles. The van der Waals surface area contributed by atoms with Crippen LogP contribution in [-0.2, 0) is 30.4 Å². The van der Waals surface area contributed by atoms with Crippen LogP contribution in [0.25, 0.3) is 10.8 Å². The van der Waals surface area contributed by atoms with Gasteiger partial charge in [0, 0.05) is 36.4 Å². The number of aliphatic carboxylic acids is 1. The van der Waals surface area contributed by atoms with Crippen LogP contribution in [0.15, 0.2) is 66.7 Å². The molecule has 5 N–H and O–H groups in total. The second kappa shape index (κ2) is 15.2. The van der Waals surface area contributed by atoms with E-state index in [0.717, 1.165) is 16.3 Å². The normalized spacial score (nSPS) is 12.8. The van der Waals surface area contributed by atoms with Gasteiger partial charge in [-0.25, -0.2) is 0 Å². The Balaban J connectivity index is 1.67. The summed E-state index contributed by atoms with van der Waals surface area (Å²) in [6.07, 6.45) is 0.147. The van der Waals surface area contributed by atoms with Gasteiger partial charge in [0.05, 0.1) is 7.11 Å². The number of hydrogen-bond donors (Lipinski definition) is 5. The van der Waals surface area contributed by atoms with E-state index in [0.29, 0.717) is 11.4 Å². The topological polar surface area (TPSA) is 163 Å². The summed E-state index contributed by atoms with van der Waals surface area (Å²) in [5.74, 6) is -2.53. The number of benzene rings is 3. The molecule has 0 radical (unpaired) electrons. The monoisotopic (exact) mass is 576 g/mol. The van der Waals surface area contributed by atoms with Crippen molar-refractivity contribution >= 4 is 46.1 Å². The van der Waals surface area contributed by atoms with E-state index in [4.69, 9.17) is 9.84 Å². The van der Waals surface area contributed by atoms with E-state index in [2.05, 4.69) is 21.3 Å². The fraction of sp³-hybridized carbons (Fsp3) is 0.323. The summed E-state index contributed by atoms with van der Waals surface area (Å²) in [5.41, 5.74) is 1.32. The number of anilines is 1. The van der Waals surface area contributed by atoms with Crippen LogP contribution in [0.4, 0.5) is 5.69 Å².